The number of esters is 2. The number of nitrogens with zero attached hydrogens (tertiary/aromatic N) is 8. The Morgan fingerprint density at radius 2 is 1.28 bits per heavy atom. The zero-order chi connectivity index (χ0) is 39.6. The van der Waals surface area contributed by atoms with Crippen molar-refractivity contribution in [3.63, 3.8) is 0 Å². The van der Waals surface area contributed by atoms with Gasteiger partial charge in [-0.3, -0.25) is 38.3 Å². The topological polar surface area (TPSA) is 234 Å². The van der Waals surface area contributed by atoms with Crippen LogP contribution < -0.4 is 22.2 Å². The molecule has 280 valence electrons. The number of hydrogen-bond acceptors (Lipinski definition) is 14. The normalized spacial score (nSPS) is 10.6. The van der Waals surface area contributed by atoms with Crippen LogP contribution >= 0.6 is 11.6 Å². The molecule has 0 unspecified atom stereocenters. The van der Waals surface area contributed by atoms with Gasteiger partial charge in [0.05, 0.1) is 38.7 Å². The average Bonchev–Trinajstić information content (AvgIpc) is 3.15. The summed E-state index contributed by atoms with van der Waals surface area (Å²) in [6, 6.07) is 11.9. The smallest absolute Gasteiger partial charge is 0.326 e. The molecule has 4 rings (SSSR count). The number of alkyl halides is 4. The molecule has 16 nitrogen and oxygen atoms in total. The first-order valence-corrected chi connectivity index (χ1v) is 15.5. The molecule has 0 atom stereocenters. The third-order valence-electron chi connectivity index (χ3n) is 6.29. The Labute approximate surface area is 303 Å². The minimum absolute atomic E-state index is 0.0394. The number of pyridine rings is 2. The quantitative estimate of drug-likeness (QED) is 0.156. The van der Waals surface area contributed by atoms with Crippen LogP contribution in [0.3, 0.4) is 0 Å². The highest BCUT2D eigenvalue weighted by Crippen LogP contribution is 2.26. The van der Waals surface area contributed by atoms with Gasteiger partial charge in [-0.15, -0.1) is 0 Å². The molecule has 0 aliphatic carbocycles. The van der Waals surface area contributed by atoms with Gasteiger partial charge in [-0.1, -0.05) is 23.7 Å². The number of rotatable bonds is 12. The fourth-order valence-corrected chi connectivity index (χ4v) is 3.94. The summed E-state index contributed by atoms with van der Waals surface area (Å²) < 4.78 is 64.8. The van der Waals surface area contributed by atoms with E-state index in [-0.39, 0.29) is 42.0 Å². The van der Waals surface area contributed by atoms with Crippen molar-refractivity contribution in [1.29, 1.82) is 10.5 Å². The summed E-state index contributed by atoms with van der Waals surface area (Å²) in [5, 5.41) is 19.7. The average molecular weight is 763 g/mol. The van der Waals surface area contributed by atoms with E-state index in [1.54, 1.807) is 32.1 Å². The number of nitriles is 2. The van der Waals surface area contributed by atoms with Gasteiger partial charge in [0.2, 0.25) is 0 Å². The Morgan fingerprint density at radius 1 is 0.811 bits per heavy atom. The highest BCUT2D eigenvalue weighted by atomic mass is 35.5. The molecule has 0 aliphatic rings. The first kappa shape index (κ1) is 42.9. The zero-order valence-corrected chi connectivity index (χ0v) is 28.8. The lowest BCUT2D eigenvalue weighted by atomic mass is 10.2. The SMILES string of the molecule is CCOC(=O)Cn1c(C#N)cnc(Cl)c1=O.CCOC(=O)Cn1c(C#N)cnc(NCC(F)(F)c2ccccn2)c1=O.NCC(F)(F)c1ccccn1. The summed E-state index contributed by atoms with van der Waals surface area (Å²) in [5.74, 6) is -8.11. The van der Waals surface area contributed by atoms with Crippen LogP contribution in [0.1, 0.15) is 36.6 Å². The van der Waals surface area contributed by atoms with Crippen molar-refractivity contribution in [3.8, 4) is 12.1 Å². The first-order chi connectivity index (χ1) is 25.1. The second kappa shape index (κ2) is 20.6. The molecule has 0 fully saturated rings. The van der Waals surface area contributed by atoms with Gasteiger partial charge < -0.3 is 20.5 Å². The lowest BCUT2D eigenvalue weighted by Gasteiger charge is -2.17. The van der Waals surface area contributed by atoms with Gasteiger partial charge in [0.25, 0.3) is 11.1 Å². The number of nitrogens with one attached hydrogen (secondary N) is 1. The highest BCUT2D eigenvalue weighted by molar-refractivity contribution is 6.29. The van der Waals surface area contributed by atoms with Crippen molar-refractivity contribution < 1.29 is 36.6 Å². The molecule has 0 spiro atoms. The minimum Gasteiger partial charge on any atom is -0.465 e. The maximum absolute atomic E-state index is 14.1. The second-order valence-electron chi connectivity index (χ2n) is 9.94. The molecular formula is C32H31ClF4N10O6. The molecular weight excluding hydrogens is 732 g/mol. The van der Waals surface area contributed by atoms with Crippen LogP contribution in [0.15, 0.2) is 70.8 Å². The number of aromatic nitrogens is 6. The third kappa shape index (κ3) is 12.8. The molecule has 4 heterocycles. The van der Waals surface area contributed by atoms with Crippen molar-refractivity contribution in [1.82, 2.24) is 29.1 Å². The molecule has 0 saturated carbocycles. The largest absolute Gasteiger partial charge is 0.465 e. The molecule has 4 aromatic heterocycles. The zero-order valence-electron chi connectivity index (χ0n) is 28.0. The first-order valence-electron chi connectivity index (χ1n) is 15.1. The molecule has 21 heteroatoms. The van der Waals surface area contributed by atoms with E-state index in [4.69, 9.17) is 32.6 Å². The molecule has 4 aromatic rings. The van der Waals surface area contributed by atoms with Crippen LogP contribution in [-0.4, -0.2) is 67.3 Å². The number of carbonyl (C=O) groups excluding carboxylic acids is 2. The molecule has 0 bridgehead atoms. The Kier molecular flexibility index (Phi) is 16.7. The summed E-state index contributed by atoms with van der Waals surface area (Å²) in [6.45, 7) is 1.02. The lowest BCUT2D eigenvalue weighted by Crippen LogP contribution is -2.33. The minimum atomic E-state index is -3.35. The molecule has 0 aliphatic heterocycles. The van der Waals surface area contributed by atoms with Crippen molar-refractivity contribution in [2.45, 2.75) is 38.8 Å². The molecule has 0 radical (unpaired) electrons. The summed E-state index contributed by atoms with van der Waals surface area (Å²) >= 11 is 5.50. The van der Waals surface area contributed by atoms with Crippen LogP contribution in [0.4, 0.5) is 23.4 Å². The second-order valence-corrected chi connectivity index (χ2v) is 10.3. The van der Waals surface area contributed by atoms with Gasteiger partial charge in [-0.25, -0.2) is 9.97 Å². The van der Waals surface area contributed by atoms with E-state index in [0.717, 1.165) is 27.6 Å². The van der Waals surface area contributed by atoms with Crippen LogP contribution in [0.25, 0.3) is 0 Å². The van der Waals surface area contributed by atoms with E-state index < -0.39 is 66.0 Å². The monoisotopic (exact) mass is 762 g/mol. The van der Waals surface area contributed by atoms with Crippen molar-refractivity contribution in [3.05, 3.63) is 110 Å². The third-order valence-corrected chi connectivity index (χ3v) is 6.55. The van der Waals surface area contributed by atoms with Crippen LogP contribution in [0.5, 0.6) is 0 Å². The number of hydrogen-bond donors (Lipinski definition) is 2. The maximum atomic E-state index is 14.1. The predicted octanol–water partition coefficient (Wildman–Crippen LogP) is 2.74. The van der Waals surface area contributed by atoms with Crippen molar-refractivity contribution in [2.24, 2.45) is 5.73 Å². The maximum Gasteiger partial charge on any atom is 0.326 e. The molecule has 0 aromatic carbocycles. The van der Waals surface area contributed by atoms with Gasteiger partial charge in [-0.2, -0.15) is 28.1 Å². The van der Waals surface area contributed by atoms with E-state index in [1.807, 2.05) is 0 Å². The fraction of sp³-hybridized carbons (Fsp3) is 0.312. The van der Waals surface area contributed by atoms with Crippen molar-refractivity contribution in [2.75, 3.05) is 31.6 Å². The van der Waals surface area contributed by atoms with E-state index in [2.05, 4.69) is 30.0 Å². The van der Waals surface area contributed by atoms with Gasteiger partial charge in [0.1, 0.15) is 48.0 Å². The van der Waals surface area contributed by atoms with Gasteiger partial charge in [-0.05, 0) is 38.1 Å². The Balaban J connectivity index is 0.000000305. The number of ether oxygens (including phenoxy) is 2. The summed E-state index contributed by atoms with van der Waals surface area (Å²) in [5.41, 5.74) is 2.31. The number of anilines is 1. The van der Waals surface area contributed by atoms with Crippen LogP contribution in [0.2, 0.25) is 5.15 Å². The Hall–Kier alpha value is -6.25. The molecule has 0 saturated heterocycles. The van der Waals surface area contributed by atoms with E-state index in [9.17, 15) is 36.7 Å². The predicted molar refractivity (Wildman–Crippen MR) is 179 cm³/mol. The van der Waals surface area contributed by atoms with Gasteiger partial charge >= 0.3 is 23.8 Å². The van der Waals surface area contributed by atoms with E-state index in [1.165, 1.54) is 36.7 Å². The lowest BCUT2D eigenvalue weighted by molar-refractivity contribution is -0.144. The fourth-order valence-electron chi connectivity index (χ4n) is 3.78. The van der Waals surface area contributed by atoms with Crippen LogP contribution in [0, 0.1) is 22.7 Å². The Bertz CT molecular complexity index is 2040. The van der Waals surface area contributed by atoms with Gasteiger partial charge in [0.15, 0.2) is 11.0 Å². The molecule has 0 amide bonds. The number of carbonyl (C=O) groups is 2. The summed E-state index contributed by atoms with van der Waals surface area (Å²) in [6.07, 6.45) is 4.69. The molecule has 3 N–H and O–H groups in total. The van der Waals surface area contributed by atoms with E-state index >= 15 is 0 Å². The van der Waals surface area contributed by atoms with Crippen LogP contribution in [-0.2, 0) is 44.0 Å². The van der Waals surface area contributed by atoms with E-state index in [0.29, 0.717) is 0 Å². The van der Waals surface area contributed by atoms with Gasteiger partial charge in [0, 0.05) is 12.4 Å². The highest BCUT2D eigenvalue weighted by Gasteiger charge is 2.33. The Morgan fingerprint density at radius 3 is 1.72 bits per heavy atom. The standard InChI is InChI=1S/C16H15F2N5O3.C9H8ClN3O3.C7H8F2N2/c1-2-26-13(24)9-23-11(7-19)8-21-14(15(23)25)22-10-16(17,18)12-5-3-4-6-20-12;1-2-16-7(14)5-13-6(3-11)4-12-8(10)9(13)15;8-7(9,5-10)6-3-1-2-4-11-6/h3-6,8H,2,9-10H2,1H3,(H,21,22);4H,2,5H2,1H3;1-4H,5,10H2. The number of halogens is 5. The summed E-state index contributed by atoms with van der Waals surface area (Å²) in [7, 11) is 0. The number of nitrogens with two attached hydrogens (primary N) is 1. The molecule has 53 heavy (non-hydrogen) atoms. The summed E-state index contributed by atoms with van der Waals surface area (Å²) in [4.78, 5) is 60.9. The van der Waals surface area contributed by atoms with Crippen molar-refractivity contribution >= 4 is 29.4 Å².